The minimum atomic E-state index is -1.12. The summed E-state index contributed by atoms with van der Waals surface area (Å²) in [4.78, 5) is 0. The van der Waals surface area contributed by atoms with Gasteiger partial charge in [0.25, 0.3) is 0 Å². The summed E-state index contributed by atoms with van der Waals surface area (Å²) in [6.07, 6.45) is 2.56. The fourth-order valence-corrected chi connectivity index (χ4v) is 14.0. The molecule has 0 aliphatic heterocycles. The molecule has 0 atom stereocenters. The standard InChI is InChI=1S/C44H38O4.C28H22O2/c45-27-29-47-33-21-17-31(18-22-33)43(39-13-5-1-9-35(39)36-10-2-6-14-40(36)43)25-26-44(32-19-23-34(24-20-32)48-30-28-46)41-15-7-3-11-37(41)38-12-4-8-16-42(38)44;29-27(23-13-5-1-9-19(23)20-10-2-6-14-24(20)27)17-18-28(30)25-15-7-3-11-21(25)22-12-4-8-16-26(22)28/h1-24,45-46H,25-30H2;1-16,29-30H,17-18H2. The minimum Gasteiger partial charge on any atom is -0.491 e. The first-order valence-electron chi connectivity index (χ1n) is 27.2. The van der Waals surface area contributed by atoms with Gasteiger partial charge in [-0.1, -0.05) is 218 Å². The van der Waals surface area contributed by atoms with Crippen molar-refractivity contribution in [1.29, 1.82) is 0 Å². The fourth-order valence-electron chi connectivity index (χ4n) is 14.0. The lowest BCUT2D eigenvalue weighted by Crippen LogP contribution is -2.33. The van der Waals surface area contributed by atoms with Crippen LogP contribution < -0.4 is 9.47 Å². The van der Waals surface area contributed by atoms with Gasteiger partial charge >= 0.3 is 0 Å². The van der Waals surface area contributed by atoms with Crippen LogP contribution in [0.5, 0.6) is 11.5 Å². The normalized spacial score (nSPS) is 15.2. The molecule has 4 N–H and O–H groups in total. The average Bonchev–Trinajstić information content (AvgIpc) is 4.37. The quantitative estimate of drug-likeness (QED) is 0.0866. The van der Waals surface area contributed by atoms with Crippen LogP contribution in [0.1, 0.15) is 81.3 Å². The molecular formula is C72H60O6. The SMILES string of the molecule is OC1(CCC2(O)c3ccccc3-c3ccccc32)c2ccccc2-c2ccccc21.OCCOc1ccc(C2(CCC3(c4ccc(OCCO)cc4)c4ccccc4-c4ccccc43)c3ccccc3-c3ccccc32)cc1. The highest BCUT2D eigenvalue weighted by Gasteiger charge is 2.51. The van der Waals surface area contributed by atoms with E-state index in [2.05, 4.69) is 146 Å². The molecule has 6 heteroatoms. The molecule has 14 rings (SSSR count). The Bertz CT molecular complexity index is 3400. The average molecular weight is 1020 g/mol. The maximum atomic E-state index is 12.0. The largest absolute Gasteiger partial charge is 0.491 e. The first-order valence-corrected chi connectivity index (χ1v) is 27.2. The minimum absolute atomic E-state index is 0.0218. The highest BCUT2D eigenvalue weighted by Crippen LogP contribution is 2.61. The zero-order chi connectivity index (χ0) is 52.9. The highest BCUT2D eigenvalue weighted by molar-refractivity contribution is 5.86. The Morgan fingerprint density at radius 3 is 0.718 bits per heavy atom. The first kappa shape index (κ1) is 49.2. The van der Waals surface area contributed by atoms with Crippen molar-refractivity contribution in [3.05, 3.63) is 298 Å². The van der Waals surface area contributed by atoms with E-state index in [4.69, 9.17) is 9.47 Å². The third-order valence-electron chi connectivity index (χ3n) is 17.3. The van der Waals surface area contributed by atoms with Crippen LogP contribution in [-0.4, -0.2) is 46.9 Å². The fraction of sp³-hybridized carbons (Fsp3) is 0.167. The topological polar surface area (TPSA) is 99.4 Å². The summed E-state index contributed by atoms with van der Waals surface area (Å²) in [5, 5.41) is 42.6. The van der Waals surface area contributed by atoms with Gasteiger partial charge in [-0.2, -0.15) is 0 Å². The van der Waals surface area contributed by atoms with E-state index in [1.54, 1.807) is 0 Å². The highest BCUT2D eigenvalue weighted by atomic mass is 16.5. The van der Waals surface area contributed by atoms with Gasteiger partial charge in [-0.05, 0) is 150 Å². The van der Waals surface area contributed by atoms with Crippen LogP contribution >= 0.6 is 0 Å². The van der Waals surface area contributed by atoms with Crippen molar-refractivity contribution in [3.63, 3.8) is 0 Å². The Morgan fingerprint density at radius 1 is 0.256 bits per heavy atom. The second-order valence-corrected chi connectivity index (χ2v) is 21.1. The van der Waals surface area contributed by atoms with Crippen molar-refractivity contribution >= 4 is 0 Å². The van der Waals surface area contributed by atoms with Gasteiger partial charge in [0.1, 0.15) is 35.9 Å². The molecule has 0 bridgehead atoms. The molecule has 0 aromatic heterocycles. The molecule has 384 valence electrons. The lowest BCUT2D eigenvalue weighted by molar-refractivity contribution is 0.0204. The first-order chi connectivity index (χ1) is 38.3. The summed E-state index contributed by atoms with van der Waals surface area (Å²) in [5.74, 6) is 1.50. The van der Waals surface area contributed by atoms with Crippen LogP contribution in [0.4, 0.5) is 0 Å². The summed E-state index contributed by atoms with van der Waals surface area (Å²) in [5.41, 5.74) is 17.8. The molecule has 0 saturated carbocycles. The van der Waals surface area contributed by atoms with E-state index in [0.717, 1.165) is 68.8 Å². The molecule has 10 aromatic rings. The van der Waals surface area contributed by atoms with Gasteiger partial charge in [-0.25, -0.2) is 0 Å². The molecule has 4 aliphatic carbocycles. The van der Waals surface area contributed by atoms with Gasteiger partial charge < -0.3 is 29.9 Å². The summed E-state index contributed by atoms with van der Waals surface area (Å²) >= 11 is 0. The summed E-state index contributed by atoms with van der Waals surface area (Å²) in [6.45, 7) is 0.487. The van der Waals surface area contributed by atoms with E-state index < -0.39 is 22.0 Å². The third kappa shape index (κ3) is 7.69. The van der Waals surface area contributed by atoms with Crippen LogP contribution in [0.25, 0.3) is 44.5 Å². The maximum absolute atomic E-state index is 12.0. The Morgan fingerprint density at radius 2 is 0.474 bits per heavy atom. The number of aliphatic hydroxyl groups is 4. The summed E-state index contributed by atoms with van der Waals surface area (Å²) < 4.78 is 11.6. The maximum Gasteiger partial charge on any atom is 0.119 e. The molecule has 10 aromatic carbocycles. The lowest BCUT2D eigenvalue weighted by Gasteiger charge is -2.39. The number of fused-ring (bicyclic) bond motifs is 12. The zero-order valence-corrected chi connectivity index (χ0v) is 43.4. The smallest absolute Gasteiger partial charge is 0.119 e. The summed E-state index contributed by atoms with van der Waals surface area (Å²) in [7, 11) is 0. The monoisotopic (exact) mass is 1020 g/mol. The van der Waals surface area contributed by atoms with Crippen LogP contribution in [0, 0.1) is 0 Å². The lowest BCUT2D eigenvalue weighted by atomic mass is 9.62. The molecule has 0 heterocycles. The Labute approximate surface area is 456 Å². The van der Waals surface area contributed by atoms with Gasteiger partial charge in [0.15, 0.2) is 0 Å². The molecule has 78 heavy (non-hydrogen) atoms. The molecule has 0 spiro atoms. The molecular weight excluding hydrogens is 961 g/mol. The molecule has 0 radical (unpaired) electrons. The second-order valence-electron chi connectivity index (χ2n) is 21.1. The third-order valence-corrected chi connectivity index (χ3v) is 17.3. The number of benzene rings is 10. The molecule has 0 amide bonds. The van der Waals surface area contributed by atoms with Gasteiger partial charge in [0.2, 0.25) is 0 Å². The van der Waals surface area contributed by atoms with Crippen molar-refractivity contribution in [1.82, 2.24) is 0 Å². The van der Waals surface area contributed by atoms with Crippen molar-refractivity contribution in [2.75, 3.05) is 26.4 Å². The Hall–Kier alpha value is -8.36. The van der Waals surface area contributed by atoms with Gasteiger partial charge in [0.05, 0.1) is 13.2 Å². The summed E-state index contributed by atoms with van der Waals surface area (Å²) in [6, 6.07) is 84.8. The van der Waals surface area contributed by atoms with Crippen LogP contribution in [0.15, 0.2) is 243 Å². The van der Waals surface area contributed by atoms with E-state index >= 15 is 0 Å². The molecule has 0 saturated heterocycles. The van der Waals surface area contributed by atoms with E-state index in [-0.39, 0.29) is 26.4 Å². The molecule has 6 nitrogen and oxygen atoms in total. The predicted molar refractivity (Wildman–Crippen MR) is 310 cm³/mol. The molecule has 4 aliphatic rings. The molecule has 0 unspecified atom stereocenters. The number of rotatable bonds is 14. The van der Waals surface area contributed by atoms with Gasteiger partial charge in [-0.3, -0.25) is 0 Å². The van der Waals surface area contributed by atoms with E-state index in [1.165, 1.54) is 55.6 Å². The molecule has 0 fully saturated rings. The Kier molecular flexibility index (Phi) is 12.6. The van der Waals surface area contributed by atoms with Gasteiger partial charge in [0, 0.05) is 10.8 Å². The number of aliphatic hydroxyl groups excluding tert-OH is 2. The van der Waals surface area contributed by atoms with Crippen LogP contribution in [0.3, 0.4) is 0 Å². The van der Waals surface area contributed by atoms with Gasteiger partial charge in [-0.15, -0.1) is 0 Å². The van der Waals surface area contributed by atoms with Crippen LogP contribution in [-0.2, 0) is 22.0 Å². The zero-order valence-electron chi connectivity index (χ0n) is 43.4. The van der Waals surface area contributed by atoms with E-state index in [0.29, 0.717) is 12.8 Å². The Balaban J connectivity index is 0.000000165. The number of ether oxygens (including phenoxy) is 2. The predicted octanol–water partition coefficient (Wildman–Crippen LogP) is 14.1. The van der Waals surface area contributed by atoms with E-state index in [1.807, 2.05) is 97.1 Å². The van der Waals surface area contributed by atoms with E-state index in [9.17, 15) is 20.4 Å². The van der Waals surface area contributed by atoms with Crippen molar-refractivity contribution < 1.29 is 29.9 Å². The van der Waals surface area contributed by atoms with Crippen molar-refractivity contribution in [3.8, 4) is 56.0 Å². The van der Waals surface area contributed by atoms with Crippen molar-refractivity contribution in [2.24, 2.45) is 0 Å². The second kappa shape index (κ2) is 19.9. The van der Waals surface area contributed by atoms with Crippen LogP contribution in [0.2, 0.25) is 0 Å². The van der Waals surface area contributed by atoms with Crippen molar-refractivity contribution in [2.45, 2.75) is 47.7 Å². The number of hydrogen-bond acceptors (Lipinski definition) is 6. The number of hydrogen-bond donors (Lipinski definition) is 4.